The van der Waals surface area contributed by atoms with E-state index in [4.69, 9.17) is 0 Å². The molecular weight excluding hydrogens is 237 g/mol. The molecule has 96 valence electrons. The zero-order valence-electron chi connectivity index (χ0n) is 10.2. The third-order valence-electron chi connectivity index (χ3n) is 3.12. The van der Waals surface area contributed by atoms with Gasteiger partial charge in [0.25, 0.3) is 0 Å². The first-order valence-corrected chi connectivity index (χ1v) is 6.12. The molecule has 2 aromatic carbocycles. The Morgan fingerprint density at radius 3 is 2.22 bits per heavy atom. The predicted molar refractivity (Wildman–Crippen MR) is 67.6 cm³/mol. The smallest absolute Gasteiger partial charge is 0.166 e. The van der Waals surface area contributed by atoms with E-state index in [9.17, 15) is 13.2 Å². The molecule has 2 rings (SSSR count). The summed E-state index contributed by atoms with van der Waals surface area (Å²) in [6, 6.07) is 9.58. The van der Waals surface area contributed by atoms with E-state index in [1.807, 2.05) is 0 Å². The molecule has 0 aromatic heterocycles. The summed E-state index contributed by atoms with van der Waals surface area (Å²) < 4.78 is 38.7. The second-order valence-electron chi connectivity index (χ2n) is 4.42. The van der Waals surface area contributed by atoms with Crippen LogP contribution in [0.5, 0.6) is 0 Å². The molecule has 2 aromatic rings. The van der Waals surface area contributed by atoms with Crippen LogP contribution in [0.25, 0.3) is 10.8 Å². The second kappa shape index (κ2) is 5.01. The fraction of sp³-hybridized carbons (Fsp3) is 0.333. The van der Waals surface area contributed by atoms with Gasteiger partial charge in [-0.3, -0.25) is 0 Å². The van der Waals surface area contributed by atoms with Crippen LogP contribution in [-0.2, 0) is 12.6 Å². The largest absolute Gasteiger partial charge is 0.417 e. The lowest BCUT2D eigenvalue weighted by atomic mass is 9.96. The Hall–Kier alpha value is -1.51. The van der Waals surface area contributed by atoms with Crippen LogP contribution < -0.4 is 0 Å². The van der Waals surface area contributed by atoms with Gasteiger partial charge in [0.2, 0.25) is 0 Å². The van der Waals surface area contributed by atoms with Gasteiger partial charge in [-0.1, -0.05) is 43.7 Å². The summed E-state index contributed by atoms with van der Waals surface area (Å²) in [5.74, 6) is 0. The van der Waals surface area contributed by atoms with Crippen molar-refractivity contribution in [1.82, 2.24) is 0 Å². The fourth-order valence-electron chi connectivity index (χ4n) is 2.19. The highest BCUT2D eigenvalue weighted by Crippen LogP contribution is 2.36. The van der Waals surface area contributed by atoms with Crippen LogP contribution >= 0.6 is 0 Å². The van der Waals surface area contributed by atoms with Gasteiger partial charge in [-0.25, -0.2) is 0 Å². The average Bonchev–Trinajstić information content (AvgIpc) is 2.34. The van der Waals surface area contributed by atoms with E-state index >= 15 is 0 Å². The maximum absolute atomic E-state index is 12.9. The number of rotatable bonds is 3. The topological polar surface area (TPSA) is 0 Å². The molecule has 0 bridgehead atoms. The van der Waals surface area contributed by atoms with Crippen LogP contribution in [-0.4, -0.2) is 0 Å². The van der Waals surface area contributed by atoms with Gasteiger partial charge < -0.3 is 0 Å². The summed E-state index contributed by atoms with van der Waals surface area (Å²) in [4.78, 5) is 0. The maximum Gasteiger partial charge on any atom is 0.417 e. The Morgan fingerprint density at radius 2 is 1.61 bits per heavy atom. The van der Waals surface area contributed by atoms with Gasteiger partial charge in [-0.15, -0.1) is 0 Å². The molecule has 3 heteroatoms. The predicted octanol–water partition coefficient (Wildman–Crippen LogP) is 5.20. The van der Waals surface area contributed by atoms with E-state index in [0.29, 0.717) is 5.39 Å². The molecule has 0 aliphatic carbocycles. The molecule has 0 N–H and O–H groups in total. The summed E-state index contributed by atoms with van der Waals surface area (Å²) in [5, 5.41) is 1.03. The lowest BCUT2D eigenvalue weighted by molar-refractivity contribution is -0.136. The molecule has 0 saturated carbocycles. The van der Waals surface area contributed by atoms with Crippen LogP contribution in [0.1, 0.15) is 30.9 Å². The number of alkyl halides is 3. The van der Waals surface area contributed by atoms with Gasteiger partial charge in [-0.05, 0) is 35.2 Å². The summed E-state index contributed by atoms with van der Waals surface area (Å²) in [7, 11) is 0. The molecule has 0 aliphatic rings. The third-order valence-corrected chi connectivity index (χ3v) is 3.12. The van der Waals surface area contributed by atoms with Crippen LogP contribution in [0.15, 0.2) is 36.4 Å². The van der Waals surface area contributed by atoms with Crippen LogP contribution in [0, 0.1) is 0 Å². The van der Waals surface area contributed by atoms with E-state index in [1.165, 1.54) is 6.07 Å². The molecule has 0 radical (unpaired) electrons. The van der Waals surface area contributed by atoms with E-state index in [2.05, 4.69) is 6.92 Å². The van der Waals surface area contributed by atoms with Crippen molar-refractivity contribution in [3.63, 3.8) is 0 Å². The zero-order valence-corrected chi connectivity index (χ0v) is 10.2. The quantitative estimate of drug-likeness (QED) is 0.704. The van der Waals surface area contributed by atoms with Crippen molar-refractivity contribution in [3.05, 3.63) is 47.5 Å². The molecule has 0 atom stereocenters. The summed E-state index contributed by atoms with van der Waals surface area (Å²) >= 11 is 0. The van der Waals surface area contributed by atoms with E-state index in [0.717, 1.165) is 30.2 Å². The van der Waals surface area contributed by atoms with Crippen molar-refractivity contribution >= 4 is 10.8 Å². The number of unbranched alkanes of at least 4 members (excludes halogenated alkanes) is 1. The van der Waals surface area contributed by atoms with Crippen molar-refractivity contribution < 1.29 is 13.2 Å². The third kappa shape index (κ3) is 2.50. The molecular formula is C15H15F3. The van der Waals surface area contributed by atoms with Crippen LogP contribution in [0.3, 0.4) is 0 Å². The first-order chi connectivity index (χ1) is 8.54. The SMILES string of the molecule is CCCCc1ccc(C(F)(F)F)c2ccccc12. The molecule has 0 fully saturated rings. The monoisotopic (exact) mass is 252 g/mol. The number of benzene rings is 2. The molecule has 0 heterocycles. The number of hydrogen-bond acceptors (Lipinski definition) is 0. The molecule has 18 heavy (non-hydrogen) atoms. The van der Waals surface area contributed by atoms with Crippen molar-refractivity contribution in [1.29, 1.82) is 0 Å². The highest BCUT2D eigenvalue weighted by Gasteiger charge is 2.32. The van der Waals surface area contributed by atoms with Crippen molar-refractivity contribution in [2.75, 3.05) is 0 Å². The van der Waals surface area contributed by atoms with Crippen LogP contribution in [0.2, 0.25) is 0 Å². The summed E-state index contributed by atoms with van der Waals surface area (Å²) in [6.07, 6.45) is -1.43. The minimum atomic E-state index is -4.29. The van der Waals surface area contributed by atoms with Gasteiger partial charge in [0.15, 0.2) is 0 Å². The van der Waals surface area contributed by atoms with Crippen molar-refractivity contribution in [2.24, 2.45) is 0 Å². The Morgan fingerprint density at radius 1 is 0.944 bits per heavy atom. The highest BCUT2D eigenvalue weighted by atomic mass is 19.4. The number of hydrogen-bond donors (Lipinski definition) is 0. The minimum absolute atomic E-state index is 0.304. The van der Waals surface area contributed by atoms with Crippen molar-refractivity contribution in [2.45, 2.75) is 32.4 Å². The van der Waals surface area contributed by atoms with E-state index in [1.54, 1.807) is 30.3 Å². The Kier molecular flexibility index (Phi) is 3.60. The number of halogens is 3. The summed E-state index contributed by atoms with van der Waals surface area (Å²) in [5.41, 5.74) is 0.457. The lowest BCUT2D eigenvalue weighted by Crippen LogP contribution is -2.06. The first kappa shape index (κ1) is 12.9. The molecule has 0 saturated heterocycles. The number of fused-ring (bicyclic) bond motifs is 1. The second-order valence-corrected chi connectivity index (χ2v) is 4.42. The van der Waals surface area contributed by atoms with E-state index in [-0.39, 0.29) is 0 Å². The van der Waals surface area contributed by atoms with Gasteiger partial charge in [0.05, 0.1) is 5.56 Å². The highest BCUT2D eigenvalue weighted by molar-refractivity contribution is 5.89. The zero-order chi connectivity index (χ0) is 13.2. The molecule has 0 unspecified atom stereocenters. The molecule has 0 spiro atoms. The Labute approximate surface area is 104 Å². The van der Waals surface area contributed by atoms with Gasteiger partial charge in [0.1, 0.15) is 0 Å². The average molecular weight is 252 g/mol. The Bertz CT molecular complexity index is 541. The fourth-order valence-corrected chi connectivity index (χ4v) is 2.19. The standard InChI is InChI=1S/C15H15F3/c1-2-3-6-11-9-10-14(15(16,17)18)13-8-5-4-7-12(11)13/h4-5,7-10H,2-3,6H2,1H3. The van der Waals surface area contributed by atoms with E-state index < -0.39 is 11.7 Å². The minimum Gasteiger partial charge on any atom is -0.166 e. The van der Waals surface area contributed by atoms with Gasteiger partial charge in [0, 0.05) is 0 Å². The lowest BCUT2D eigenvalue weighted by Gasteiger charge is -2.13. The molecule has 0 nitrogen and oxygen atoms in total. The summed E-state index contributed by atoms with van der Waals surface area (Å²) in [6.45, 7) is 2.08. The molecule has 0 aliphatic heterocycles. The Balaban J connectivity index is 2.59. The first-order valence-electron chi connectivity index (χ1n) is 6.12. The van der Waals surface area contributed by atoms with Gasteiger partial charge >= 0.3 is 6.18 Å². The molecule has 0 amide bonds. The maximum atomic E-state index is 12.9. The normalized spacial score (nSPS) is 12.0. The number of aryl methyl sites for hydroxylation is 1. The van der Waals surface area contributed by atoms with Crippen molar-refractivity contribution in [3.8, 4) is 0 Å². The van der Waals surface area contributed by atoms with Crippen LogP contribution in [0.4, 0.5) is 13.2 Å². The van der Waals surface area contributed by atoms with Gasteiger partial charge in [-0.2, -0.15) is 13.2 Å².